The zero-order valence-electron chi connectivity index (χ0n) is 12.9. The highest BCUT2D eigenvalue weighted by atomic mass is 16.5. The normalized spacial score (nSPS) is 23.0. The maximum absolute atomic E-state index is 12.0. The number of esters is 1. The number of nitrogens with zero attached hydrogens (tertiary/aromatic N) is 4. The summed E-state index contributed by atoms with van der Waals surface area (Å²) in [5.74, 6) is -0.275. The highest BCUT2D eigenvalue weighted by Gasteiger charge is 2.28. The van der Waals surface area contributed by atoms with Crippen LogP contribution in [0.2, 0.25) is 0 Å². The Hall–Kier alpha value is -1.92. The highest BCUT2D eigenvalue weighted by Crippen LogP contribution is 2.27. The summed E-state index contributed by atoms with van der Waals surface area (Å²) >= 11 is 0. The second-order valence-corrected chi connectivity index (χ2v) is 6.32. The van der Waals surface area contributed by atoms with Gasteiger partial charge in [-0.2, -0.15) is 0 Å². The molecule has 1 saturated carbocycles. The predicted molar refractivity (Wildman–Crippen MR) is 78.2 cm³/mol. The van der Waals surface area contributed by atoms with E-state index in [1.807, 2.05) is 0 Å². The van der Waals surface area contributed by atoms with E-state index < -0.39 is 5.97 Å². The molecule has 2 aliphatic rings. The molecular formula is C15H22N4O3. The molecule has 120 valence electrons. The van der Waals surface area contributed by atoms with Gasteiger partial charge in [0, 0.05) is 25.9 Å². The summed E-state index contributed by atoms with van der Waals surface area (Å²) < 4.78 is 7.07. The number of hydrogen-bond acceptors (Lipinski definition) is 5. The van der Waals surface area contributed by atoms with E-state index in [0.717, 1.165) is 12.8 Å². The van der Waals surface area contributed by atoms with Crippen LogP contribution in [0.3, 0.4) is 0 Å². The van der Waals surface area contributed by atoms with Gasteiger partial charge in [-0.1, -0.05) is 24.5 Å². The molecule has 1 atom stereocenters. The lowest BCUT2D eigenvalue weighted by atomic mass is 9.96. The minimum absolute atomic E-state index is 0.0786. The Morgan fingerprint density at radius 3 is 2.82 bits per heavy atom. The molecule has 2 fully saturated rings. The smallest absolute Gasteiger partial charge is 0.360 e. The first-order valence-corrected chi connectivity index (χ1v) is 7.96. The van der Waals surface area contributed by atoms with Crippen LogP contribution in [0.1, 0.15) is 55.1 Å². The van der Waals surface area contributed by atoms with E-state index in [2.05, 4.69) is 10.3 Å². The quantitative estimate of drug-likeness (QED) is 0.786. The van der Waals surface area contributed by atoms with Crippen LogP contribution < -0.4 is 0 Å². The van der Waals surface area contributed by atoms with Gasteiger partial charge < -0.3 is 9.64 Å². The van der Waals surface area contributed by atoms with Crippen molar-refractivity contribution in [3.05, 3.63) is 11.9 Å². The third-order valence-electron chi connectivity index (χ3n) is 4.54. The zero-order chi connectivity index (χ0) is 15.5. The van der Waals surface area contributed by atoms with Crippen molar-refractivity contribution in [3.63, 3.8) is 0 Å². The Balaban J connectivity index is 1.52. The van der Waals surface area contributed by atoms with Gasteiger partial charge in [0.2, 0.25) is 5.91 Å². The molecule has 22 heavy (non-hydrogen) atoms. The summed E-state index contributed by atoms with van der Waals surface area (Å²) in [4.78, 5) is 25.1. The van der Waals surface area contributed by atoms with Gasteiger partial charge in [-0.15, -0.1) is 5.10 Å². The van der Waals surface area contributed by atoms with Crippen molar-refractivity contribution in [3.8, 4) is 0 Å². The van der Waals surface area contributed by atoms with Crippen molar-refractivity contribution in [1.29, 1.82) is 0 Å². The SMILES string of the molecule is CN1CC(COC(=O)c2cn(C3CCCCC3)nn2)CC1=O. The molecule has 0 N–H and O–H groups in total. The first-order valence-electron chi connectivity index (χ1n) is 7.96. The van der Waals surface area contributed by atoms with Crippen LogP contribution in [0.15, 0.2) is 6.20 Å². The molecule has 0 aromatic carbocycles. The first kappa shape index (κ1) is 15.0. The number of likely N-dealkylation sites (tertiary alicyclic amines) is 1. The molecule has 1 aliphatic carbocycles. The molecule has 1 aromatic rings. The highest BCUT2D eigenvalue weighted by molar-refractivity contribution is 5.86. The summed E-state index contributed by atoms with van der Waals surface area (Å²) in [5, 5.41) is 8.00. The van der Waals surface area contributed by atoms with E-state index >= 15 is 0 Å². The molecule has 1 unspecified atom stereocenters. The van der Waals surface area contributed by atoms with E-state index in [0.29, 0.717) is 19.0 Å². The van der Waals surface area contributed by atoms with E-state index in [1.54, 1.807) is 22.8 Å². The number of amides is 1. The Bertz CT molecular complexity index is 551. The molecule has 1 aromatic heterocycles. The zero-order valence-corrected chi connectivity index (χ0v) is 12.9. The Morgan fingerprint density at radius 1 is 1.36 bits per heavy atom. The Morgan fingerprint density at radius 2 is 2.14 bits per heavy atom. The maximum Gasteiger partial charge on any atom is 0.360 e. The van der Waals surface area contributed by atoms with Gasteiger partial charge in [-0.05, 0) is 12.8 Å². The van der Waals surface area contributed by atoms with Crippen molar-refractivity contribution >= 4 is 11.9 Å². The predicted octanol–water partition coefficient (Wildman–Crippen LogP) is 1.42. The molecule has 0 bridgehead atoms. The molecule has 7 heteroatoms. The lowest BCUT2D eigenvalue weighted by Crippen LogP contribution is -2.20. The molecular weight excluding hydrogens is 284 g/mol. The molecule has 0 radical (unpaired) electrons. The van der Waals surface area contributed by atoms with Gasteiger partial charge >= 0.3 is 5.97 Å². The summed E-state index contributed by atoms with van der Waals surface area (Å²) in [7, 11) is 1.76. The van der Waals surface area contributed by atoms with E-state index in [-0.39, 0.29) is 24.1 Å². The van der Waals surface area contributed by atoms with Gasteiger partial charge in [0.25, 0.3) is 0 Å². The van der Waals surface area contributed by atoms with Crippen molar-refractivity contribution in [2.24, 2.45) is 5.92 Å². The molecule has 2 heterocycles. The fourth-order valence-electron chi connectivity index (χ4n) is 3.23. The number of rotatable bonds is 4. The van der Waals surface area contributed by atoms with Gasteiger partial charge in [-0.3, -0.25) is 4.79 Å². The fourth-order valence-corrected chi connectivity index (χ4v) is 3.23. The van der Waals surface area contributed by atoms with Gasteiger partial charge in [0.15, 0.2) is 5.69 Å². The number of carbonyl (C=O) groups is 2. The van der Waals surface area contributed by atoms with E-state index in [9.17, 15) is 9.59 Å². The minimum Gasteiger partial charge on any atom is -0.460 e. The molecule has 1 saturated heterocycles. The molecule has 1 amide bonds. The number of aromatic nitrogens is 3. The first-order chi connectivity index (χ1) is 10.6. The second kappa shape index (κ2) is 6.46. The standard InChI is InChI=1S/C15H22N4O3/c1-18-8-11(7-14(18)20)10-22-15(21)13-9-19(17-16-13)12-5-3-2-4-6-12/h9,11-12H,2-8,10H2,1H3. The molecule has 3 rings (SSSR count). The van der Waals surface area contributed by atoms with Gasteiger partial charge in [0.05, 0.1) is 18.8 Å². The minimum atomic E-state index is -0.455. The largest absolute Gasteiger partial charge is 0.460 e. The van der Waals surface area contributed by atoms with Crippen LogP contribution in [0, 0.1) is 5.92 Å². The third-order valence-corrected chi connectivity index (χ3v) is 4.54. The van der Waals surface area contributed by atoms with Crippen LogP contribution in [0.5, 0.6) is 0 Å². The summed E-state index contributed by atoms with van der Waals surface area (Å²) in [6, 6.07) is 0.351. The van der Waals surface area contributed by atoms with Crippen LogP contribution in [-0.2, 0) is 9.53 Å². The van der Waals surface area contributed by atoms with Crippen molar-refractivity contribution in [2.45, 2.75) is 44.6 Å². The van der Waals surface area contributed by atoms with Crippen molar-refractivity contribution in [1.82, 2.24) is 19.9 Å². The monoisotopic (exact) mass is 306 g/mol. The average Bonchev–Trinajstić information content (AvgIpc) is 3.14. The molecule has 1 aliphatic heterocycles. The van der Waals surface area contributed by atoms with Crippen LogP contribution in [0.25, 0.3) is 0 Å². The van der Waals surface area contributed by atoms with E-state index in [4.69, 9.17) is 4.74 Å². The van der Waals surface area contributed by atoms with Crippen molar-refractivity contribution in [2.75, 3.05) is 20.2 Å². The summed E-state index contributed by atoms with van der Waals surface area (Å²) in [6.45, 7) is 0.895. The fraction of sp³-hybridized carbons (Fsp3) is 0.733. The molecule has 0 spiro atoms. The number of hydrogen-bond donors (Lipinski definition) is 0. The van der Waals surface area contributed by atoms with Crippen LogP contribution >= 0.6 is 0 Å². The lowest BCUT2D eigenvalue weighted by molar-refractivity contribution is -0.126. The number of ether oxygens (including phenoxy) is 1. The Kier molecular flexibility index (Phi) is 4.40. The summed E-state index contributed by atoms with van der Waals surface area (Å²) in [5.41, 5.74) is 0.253. The lowest BCUT2D eigenvalue weighted by Gasteiger charge is -2.20. The second-order valence-electron chi connectivity index (χ2n) is 6.32. The molecule has 7 nitrogen and oxygen atoms in total. The van der Waals surface area contributed by atoms with Gasteiger partial charge in [0.1, 0.15) is 0 Å². The van der Waals surface area contributed by atoms with Crippen LogP contribution in [0.4, 0.5) is 0 Å². The van der Waals surface area contributed by atoms with Crippen LogP contribution in [-0.4, -0.2) is 52.0 Å². The Labute approximate surface area is 129 Å². The number of carbonyl (C=O) groups excluding carboxylic acids is 2. The average molecular weight is 306 g/mol. The van der Waals surface area contributed by atoms with Crippen molar-refractivity contribution < 1.29 is 14.3 Å². The third kappa shape index (κ3) is 3.28. The van der Waals surface area contributed by atoms with Gasteiger partial charge in [-0.25, -0.2) is 9.48 Å². The van der Waals surface area contributed by atoms with E-state index in [1.165, 1.54) is 19.3 Å². The topological polar surface area (TPSA) is 77.3 Å². The maximum atomic E-state index is 12.0. The summed E-state index contributed by atoms with van der Waals surface area (Å²) in [6.07, 6.45) is 7.99.